The summed E-state index contributed by atoms with van der Waals surface area (Å²) < 4.78 is 0. The van der Waals surface area contributed by atoms with Crippen molar-refractivity contribution >= 4 is 11.7 Å². The largest absolute Gasteiger partial charge is 0.481 e. The third kappa shape index (κ3) is 4.10. The Bertz CT molecular complexity index is 664. The van der Waals surface area contributed by atoms with E-state index in [9.17, 15) is 4.79 Å². The van der Waals surface area contributed by atoms with Crippen molar-refractivity contribution in [1.29, 1.82) is 0 Å². The fourth-order valence-electron chi connectivity index (χ4n) is 2.67. The first-order valence-corrected chi connectivity index (χ1v) is 7.56. The van der Waals surface area contributed by atoms with Crippen LogP contribution in [0.2, 0.25) is 0 Å². The van der Waals surface area contributed by atoms with Gasteiger partial charge in [0.25, 0.3) is 0 Å². The molecule has 0 radical (unpaired) electrons. The van der Waals surface area contributed by atoms with Crippen molar-refractivity contribution in [2.45, 2.75) is 33.7 Å². The van der Waals surface area contributed by atoms with Gasteiger partial charge in [-0.3, -0.25) is 4.79 Å². The number of aryl methyl sites for hydroxylation is 3. The van der Waals surface area contributed by atoms with Crippen LogP contribution >= 0.6 is 0 Å². The van der Waals surface area contributed by atoms with Gasteiger partial charge in [-0.15, -0.1) is 0 Å². The van der Waals surface area contributed by atoms with Crippen LogP contribution in [0.4, 0.5) is 5.69 Å². The van der Waals surface area contributed by atoms with E-state index in [0.29, 0.717) is 6.54 Å². The Morgan fingerprint density at radius 1 is 1.05 bits per heavy atom. The van der Waals surface area contributed by atoms with Crippen molar-refractivity contribution in [2.75, 3.05) is 11.4 Å². The number of carbonyl (C=O) groups is 1. The molecule has 0 aromatic heterocycles. The molecule has 0 bridgehead atoms. The summed E-state index contributed by atoms with van der Waals surface area (Å²) in [5, 5.41) is 9.02. The van der Waals surface area contributed by atoms with Crippen LogP contribution in [0, 0.1) is 20.8 Å². The summed E-state index contributed by atoms with van der Waals surface area (Å²) in [6, 6.07) is 14.6. The lowest BCUT2D eigenvalue weighted by Gasteiger charge is -2.27. The Balaban J connectivity index is 2.29. The zero-order valence-corrected chi connectivity index (χ0v) is 13.5. The second-order valence-electron chi connectivity index (χ2n) is 5.78. The Kier molecular flexibility index (Phi) is 5.21. The molecule has 0 aliphatic carbocycles. The van der Waals surface area contributed by atoms with Crippen LogP contribution in [0.25, 0.3) is 0 Å². The summed E-state index contributed by atoms with van der Waals surface area (Å²) in [5.41, 5.74) is 5.96. The second-order valence-corrected chi connectivity index (χ2v) is 5.78. The maximum Gasteiger partial charge on any atom is 0.305 e. The normalized spacial score (nSPS) is 10.5. The van der Waals surface area contributed by atoms with Gasteiger partial charge in [0.05, 0.1) is 6.42 Å². The van der Waals surface area contributed by atoms with Gasteiger partial charge in [0, 0.05) is 18.8 Å². The number of rotatable bonds is 6. The van der Waals surface area contributed by atoms with Crippen molar-refractivity contribution < 1.29 is 9.90 Å². The first kappa shape index (κ1) is 16.1. The van der Waals surface area contributed by atoms with Gasteiger partial charge in [-0.1, -0.05) is 42.0 Å². The van der Waals surface area contributed by atoms with Crippen molar-refractivity contribution in [3.05, 3.63) is 64.7 Å². The maximum atomic E-state index is 11.0. The zero-order valence-electron chi connectivity index (χ0n) is 13.5. The predicted octanol–water partition coefficient (Wildman–Crippen LogP) is 4.09. The van der Waals surface area contributed by atoms with Gasteiger partial charge in [-0.05, 0) is 43.5 Å². The number of benzene rings is 2. The van der Waals surface area contributed by atoms with E-state index >= 15 is 0 Å². The van der Waals surface area contributed by atoms with Crippen LogP contribution in [0.5, 0.6) is 0 Å². The number of nitrogens with zero attached hydrogens (tertiary/aromatic N) is 1. The van der Waals surface area contributed by atoms with Crippen LogP contribution in [0.15, 0.2) is 42.5 Å². The van der Waals surface area contributed by atoms with E-state index in [4.69, 9.17) is 5.11 Å². The number of anilines is 1. The highest BCUT2D eigenvalue weighted by atomic mass is 16.4. The standard InChI is InChI=1S/C19H23NO2/c1-14-8-9-18(16(3)12-14)20(11-10-19(21)22)13-17-7-5-4-6-15(17)2/h4-9,12H,10-11,13H2,1-3H3,(H,21,22). The molecule has 1 N–H and O–H groups in total. The van der Waals surface area contributed by atoms with E-state index < -0.39 is 5.97 Å². The van der Waals surface area contributed by atoms with E-state index in [0.717, 1.165) is 12.2 Å². The third-order valence-corrected chi connectivity index (χ3v) is 3.91. The quantitative estimate of drug-likeness (QED) is 0.873. The van der Waals surface area contributed by atoms with Crippen molar-refractivity contribution in [2.24, 2.45) is 0 Å². The molecule has 2 aromatic rings. The Hall–Kier alpha value is -2.29. The highest BCUT2D eigenvalue weighted by Crippen LogP contribution is 2.24. The fourth-order valence-corrected chi connectivity index (χ4v) is 2.67. The summed E-state index contributed by atoms with van der Waals surface area (Å²) in [6.45, 7) is 7.47. The first-order valence-electron chi connectivity index (χ1n) is 7.56. The molecule has 0 amide bonds. The molecule has 3 heteroatoms. The molecule has 2 aromatic carbocycles. The molecule has 0 saturated heterocycles. The summed E-state index contributed by atoms with van der Waals surface area (Å²) >= 11 is 0. The topological polar surface area (TPSA) is 40.5 Å². The minimum Gasteiger partial charge on any atom is -0.481 e. The van der Waals surface area contributed by atoms with Crippen LogP contribution < -0.4 is 4.90 Å². The molecule has 116 valence electrons. The molecule has 0 aliphatic heterocycles. The fraction of sp³-hybridized carbons (Fsp3) is 0.316. The molecule has 0 unspecified atom stereocenters. The summed E-state index contributed by atoms with van der Waals surface area (Å²) in [4.78, 5) is 13.1. The van der Waals surface area contributed by atoms with E-state index in [1.807, 2.05) is 12.1 Å². The SMILES string of the molecule is Cc1ccc(N(CCC(=O)O)Cc2ccccc2C)c(C)c1. The van der Waals surface area contributed by atoms with Crippen LogP contribution in [-0.2, 0) is 11.3 Å². The Morgan fingerprint density at radius 2 is 1.77 bits per heavy atom. The third-order valence-electron chi connectivity index (χ3n) is 3.91. The average Bonchev–Trinajstić information content (AvgIpc) is 2.46. The number of aliphatic carboxylic acids is 1. The van der Waals surface area contributed by atoms with E-state index in [-0.39, 0.29) is 6.42 Å². The molecule has 0 heterocycles. The second kappa shape index (κ2) is 7.12. The minimum absolute atomic E-state index is 0.138. The molecule has 0 fully saturated rings. The average molecular weight is 297 g/mol. The van der Waals surface area contributed by atoms with Crippen molar-refractivity contribution in [1.82, 2.24) is 0 Å². The molecule has 2 rings (SSSR count). The van der Waals surface area contributed by atoms with Crippen LogP contribution in [0.3, 0.4) is 0 Å². The van der Waals surface area contributed by atoms with Crippen LogP contribution in [-0.4, -0.2) is 17.6 Å². The van der Waals surface area contributed by atoms with Gasteiger partial charge < -0.3 is 10.0 Å². The minimum atomic E-state index is -0.764. The lowest BCUT2D eigenvalue weighted by molar-refractivity contribution is -0.136. The summed E-state index contributed by atoms with van der Waals surface area (Å²) in [6.07, 6.45) is 0.138. The number of hydrogen-bond acceptors (Lipinski definition) is 2. The van der Waals surface area contributed by atoms with E-state index in [1.54, 1.807) is 0 Å². The molecule has 0 atom stereocenters. The Morgan fingerprint density at radius 3 is 2.41 bits per heavy atom. The van der Waals surface area contributed by atoms with Gasteiger partial charge in [0.1, 0.15) is 0 Å². The van der Waals surface area contributed by atoms with Gasteiger partial charge in [0.15, 0.2) is 0 Å². The van der Waals surface area contributed by atoms with E-state index in [1.165, 1.54) is 22.3 Å². The summed E-state index contributed by atoms with van der Waals surface area (Å²) in [7, 11) is 0. The van der Waals surface area contributed by atoms with E-state index in [2.05, 4.69) is 56.0 Å². The van der Waals surface area contributed by atoms with Gasteiger partial charge in [-0.25, -0.2) is 0 Å². The molecule has 0 aliphatic rings. The smallest absolute Gasteiger partial charge is 0.305 e. The van der Waals surface area contributed by atoms with Gasteiger partial charge in [0.2, 0.25) is 0 Å². The van der Waals surface area contributed by atoms with Crippen molar-refractivity contribution in [3.8, 4) is 0 Å². The molecule has 0 spiro atoms. The Labute approximate surface area is 132 Å². The highest BCUT2D eigenvalue weighted by Gasteiger charge is 2.13. The van der Waals surface area contributed by atoms with Crippen LogP contribution in [0.1, 0.15) is 28.7 Å². The zero-order chi connectivity index (χ0) is 16.1. The molecule has 0 saturated carbocycles. The number of carboxylic acids is 1. The van der Waals surface area contributed by atoms with Gasteiger partial charge in [-0.2, -0.15) is 0 Å². The number of hydrogen-bond donors (Lipinski definition) is 1. The highest BCUT2D eigenvalue weighted by molar-refractivity contribution is 5.68. The predicted molar refractivity (Wildman–Crippen MR) is 90.4 cm³/mol. The number of carboxylic acid groups (broad SMARTS) is 1. The van der Waals surface area contributed by atoms with Gasteiger partial charge >= 0.3 is 5.97 Å². The molecular formula is C19H23NO2. The maximum absolute atomic E-state index is 11.0. The lowest BCUT2D eigenvalue weighted by Crippen LogP contribution is -2.26. The lowest BCUT2D eigenvalue weighted by atomic mass is 10.1. The summed E-state index contributed by atoms with van der Waals surface area (Å²) in [5.74, 6) is -0.764. The molecule has 22 heavy (non-hydrogen) atoms. The molecular weight excluding hydrogens is 274 g/mol. The first-order chi connectivity index (χ1) is 10.5. The molecule has 3 nitrogen and oxygen atoms in total. The van der Waals surface area contributed by atoms with Crippen molar-refractivity contribution in [3.63, 3.8) is 0 Å². The monoisotopic (exact) mass is 297 g/mol.